The Labute approximate surface area is 94.1 Å². The Morgan fingerprint density at radius 3 is 3.25 bits per heavy atom. The van der Waals surface area contributed by atoms with Gasteiger partial charge in [0.1, 0.15) is 6.17 Å². The molecule has 0 aromatic heterocycles. The molecule has 1 aromatic carbocycles. The smallest absolute Gasteiger partial charge is 0.125 e. The molecule has 2 aliphatic heterocycles. The third-order valence-corrected chi connectivity index (χ3v) is 3.09. The molecule has 0 radical (unpaired) electrons. The summed E-state index contributed by atoms with van der Waals surface area (Å²) in [5.74, 6) is 0.409. The summed E-state index contributed by atoms with van der Waals surface area (Å²) in [6.45, 7) is 0. The molecule has 2 heterocycles. The average Bonchev–Trinajstić information content (AvgIpc) is 2.35. The van der Waals surface area contributed by atoms with Crippen LogP contribution in [0.1, 0.15) is 11.1 Å². The molecular weight excluding hydrogens is 198 g/mol. The van der Waals surface area contributed by atoms with E-state index in [0.717, 1.165) is 17.7 Å². The molecule has 0 saturated heterocycles. The van der Waals surface area contributed by atoms with Crippen molar-refractivity contribution in [3.8, 4) is 6.07 Å². The molecule has 78 valence electrons. The van der Waals surface area contributed by atoms with E-state index >= 15 is 0 Å². The van der Waals surface area contributed by atoms with Gasteiger partial charge >= 0.3 is 0 Å². The molecule has 0 saturated carbocycles. The quantitative estimate of drug-likeness (QED) is 0.711. The molecule has 2 aliphatic rings. The van der Waals surface area contributed by atoms with Gasteiger partial charge in [-0.05, 0) is 36.3 Å². The number of allylic oxidation sites excluding steroid dienone is 1. The van der Waals surface area contributed by atoms with Crippen LogP contribution in [-0.2, 0) is 6.42 Å². The maximum Gasteiger partial charge on any atom is 0.125 e. The zero-order valence-electron chi connectivity index (χ0n) is 8.72. The fourth-order valence-electron chi connectivity index (χ4n) is 2.26. The van der Waals surface area contributed by atoms with Crippen LogP contribution in [0.15, 0.2) is 35.3 Å². The van der Waals surface area contributed by atoms with Gasteiger partial charge in [-0.25, -0.2) is 0 Å². The van der Waals surface area contributed by atoms with Crippen molar-refractivity contribution in [2.24, 2.45) is 10.9 Å². The van der Waals surface area contributed by atoms with E-state index in [-0.39, 0.29) is 6.17 Å². The summed E-state index contributed by atoms with van der Waals surface area (Å²) in [7, 11) is 0. The summed E-state index contributed by atoms with van der Waals surface area (Å²) in [5.41, 5.74) is 3.04. The van der Waals surface area contributed by atoms with E-state index in [1.165, 1.54) is 5.56 Å². The normalized spacial score (nSPS) is 25.2. The maximum atomic E-state index is 8.86. The zero-order valence-corrected chi connectivity index (χ0v) is 8.72. The first-order valence-corrected chi connectivity index (χ1v) is 5.36. The fraction of sp³-hybridized carbons (Fsp3) is 0.231. The standard InChI is InChI=1S/C13H11N3/c14-8-9-3-4-12-11(6-9)7-10-2-1-5-15-13(10)16-12/h1-6,10,13,16H,7H2. The van der Waals surface area contributed by atoms with Gasteiger partial charge in [0.05, 0.1) is 11.6 Å². The van der Waals surface area contributed by atoms with Gasteiger partial charge in [0, 0.05) is 17.8 Å². The Morgan fingerprint density at radius 1 is 1.44 bits per heavy atom. The third kappa shape index (κ3) is 1.40. The lowest BCUT2D eigenvalue weighted by molar-refractivity contribution is 0.525. The van der Waals surface area contributed by atoms with Crippen LogP contribution in [0.25, 0.3) is 0 Å². The SMILES string of the molecule is N#Cc1ccc2c(c1)CC1C=CC=NC1N2. The second-order valence-corrected chi connectivity index (χ2v) is 4.12. The second kappa shape index (κ2) is 3.49. The number of nitrogens with one attached hydrogen (secondary N) is 1. The molecule has 2 atom stereocenters. The molecule has 3 nitrogen and oxygen atoms in total. The van der Waals surface area contributed by atoms with Crippen LogP contribution in [0.4, 0.5) is 5.69 Å². The summed E-state index contributed by atoms with van der Waals surface area (Å²) >= 11 is 0. The maximum absolute atomic E-state index is 8.86. The molecule has 0 bridgehead atoms. The Balaban J connectivity index is 2.00. The van der Waals surface area contributed by atoms with Crippen molar-refractivity contribution in [3.63, 3.8) is 0 Å². The average molecular weight is 209 g/mol. The van der Waals surface area contributed by atoms with E-state index in [1.807, 2.05) is 30.5 Å². The third-order valence-electron chi connectivity index (χ3n) is 3.09. The lowest BCUT2D eigenvalue weighted by atomic mass is 9.89. The number of anilines is 1. The van der Waals surface area contributed by atoms with E-state index in [1.54, 1.807) is 0 Å². The van der Waals surface area contributed by atoms with Gasteiger partial charge in [-0.2, -0.15) is 5.26 Å². The van der Waals surface area contributed by atoms with Crippen LogP contribution >= 0.6 is 0 Å². The number of hydrogen-bond acceptors (Lipinski definition) is 3. The number of dihydropyridines is 1. The Morgan fingerprint density at radius 2 is 2.38 bits per heavy atom. The van der Waals surface area contributed by atoms with Gasteiger partial charge in [0.2, 0.25) is 0 Å². The van der Waals surface area contributed by atoms with Crippen LogP contribution in [0.5, 0.6) is 0 Å². The number of aliphatic imine (C=N–C) groups is 1. The first-order valence-electron chi connectivity index (χ1n) is 5.36. The van der Waals surface area contributed by atoms with Crippen molar-refractivity contribution in [2.75, 3.05) is 5.32 Å². The molecule has 2 unspecified atom stereocenters. The predicted molar refractivity (Wildman–Crippen MR) is 63.4 cm³/mol. The highest BCUT2D eigenvalue weighted by Gasteiger charge is 2.26. The molecule has 1 aromatic rings. The molecule has 3 heteroatoms. The largest absolute Gasteiger partial charge is 0.363 e. The molecule has 16 heavy (non-hydrogen) atoms. The van der Waals surface area contributed by atoms with E-state index in [9.17, 15) is 0 Å². The lowest BCUT2D eigenvalue weighted by Crippen LogP contribution is -2.33. The molecule has 3 rings (SSSR count). The van der Waals surface area contributed by atoms with Crippen LogP contribution in [0, 0.1) is 17.2 Å². The van der Waals surface area contributed by atoms with Crippen molar-refractivity contribution >= 4 is 11.9 Å². The number of benzene rings is 1. The summed E-state index contributed by atoms with van der Waals surface area (Å²) < 4.78 is 0. The van der Waals surface area contributed by atoms with E-state index in [0.29, 0.717) is 5.92 Å². The summed E-state index contributed by atoms with van der Waals surface area (Å²) in [5, 5.41) is 12.3. The number of nitriles is 1. The number of rotatable bonds is 0. The number of nitrogens with zero attached hydrogens (tertiary/aromatic N) is 2. The topological polar surface area (TPSA) is 48.2 Å². The van der Waals surface area contributed by atoms with Gasteiger partial charge in [-0.3, -0.25) is 4.99 Å². The van der Waals surface area contributed by atoms with E-state index < -0.39 is 0 Å². The van der Waals surface area contributed by atoms with Crippen molar-refractivity contribution in [3.05, 3.63) is 41.5 Å². The van der Waals surface area contributed by atoms with Crippen LogP contribution < -0.4 is 5.32 Å². The van der Waals surface area contributed by atoms with Crippen LogP contribution in [0.3, 0.4) is 0 Å². The highest BCUT2D eigenvalue weighted by atomic mass is 15.1. The predicted octanol–water partition coefficient (Wildman–Crippen LogP) is 2.11. The van der Waals surface area contributed by atoms with Gasteiger partial charge in [0.15, 0.2) is 0 Å². The van der Waals surface area contributed by atoms with Gasteiger partial charge < -0.3 is 5.32 Å². The van der Waals surface area contributed by atoms with Gasteiger partial charge in [-0.15, -0.1) is 0 Å². The number of fused-ring (bicyclic) bond motifs is 2. The van der Waals surface area contributed by atoms with Gasteiger partial charge in [0.25, 0.3) is 0 Å². The van der Waals surface area contributed by atoms with Crippen molar-refractivity contribution in [2.45, 2.75) is 12.6 Å². The monoisotopic (exact) mass is 209 g/mol. The fourth-order valence-corrected chi connectivity index (χ4v) is 2.26. The minimum absolute atomic E-state index is 0.158. The summed E-state index contributed by atoms with van der Waals surface area (Å²) in [6, 6.07) is 7.95. The summed E-state index contributed by atoms with van der Waals surface area (Å²) in [6.07, 6.45) is 7.11. The van der Waals surface area contributed by atoms with Crippen molar-refractivity contribution < 1.29 is 0 Å². The van der Waals surface area contributed by atoms with Crippen molar-refractivity contribution in [1.29, 1.82) is 5.26 Å². The minimum Gasteiger partial charge on any atom is -0.363 e. The minimum atomic E-state index is 0.158. The Hall–Kier alpha value is -2.08. The van der Waals surface area contributed by atoms with Crippen molar-refractivity contribution in [1.82, 2.24) is 0 Å². The first kappa shape index (κ1) is 9.17. The summed E-state index contributed by atoms with van der Waals surface area (Å²) in [4.78, 5) is 4.40. The Bertz CT molecular complexity index is 522. The highest BCUT2D eigenvalue weighted by Crippen LogP contribution is 2.31. The second-order valence-electron chi connectivity index (χ2n) is 4.12. The Kier molecular flexibility index (Phi) is 2.00. The van der Waals surface area contributed by atoms with E-state index in [2.05, 4.69) is 22.5 Å². The molecule has 0 amide bonds. The van der Waals surface area contributed by atoms with E-state index in [4.69, 9.17) is 5.26 Å². The number of hydrogen-bond donors (Lipinski definition) is 1. The lowest BCUT2D eigenvalue weighted by Gasteiger charge is -2.31. The molecule has 0 spiro atoms. The molecule has 0 aliphatic carbocycles. The highest BCUT2D eigenvalue weighted by molar-refractivity contribution is 5.73. The zero-order chi connectivity index (χ0) is 11.0. The first-order chi connectivity index (χ1) is 7.86. The van der Waals surface area contributed by atoms with Crippen LogP contribution in [-0.4, -0.2) is 12.4 Å². The van der Waals surface area contributed by atoms with Crippen LogP contribution in [0.2, 0.25) is 0 Å². The molecule has 0 fully saturated rings. The molecular formula is C13H11N3. The van der Waals surface area contributed by atoms with Gasteiger partial charge in [-0.1, -0.05) is 6.08 Å². The molecule has 1 N–H and O–H groups in total.